The molecule has 0 aliphatic heterocycles. The first kappa shape index (κ1) is 10.5. The summed E-state index contributed by atoms with van der Waals surface area (Å²) in [6, 6.07) is 0.211. The van der Waals surface area contributed by atoms with Crippen molar-refractivity contribution in [2.75, 3.05) is 0 Å². The number of hydrogen-bond donors (Lipinski definition) is 3. The van der Waals surface area contributed by atoms with E-state index < -0.39 is 12.0 Å². The molecule has 4 nitrogen and oxygen atoms in total. The van der Waals surface area contributed by atoms with Crippen molar-refractivity contribution in [1.29, 1.82) is 0 Å². The molecular weight excluding hydrogens is 168 g/mol. The maximum Gasteiger partial charge on any atom is 0.320 e. The minimum Gasteiger partial charge on any atom is -0.480 e. The van der Waals surface area contributed by atoms with E-state index in [1.165, 1.54) is 0 Å². The van der Waals surface area contributed by atoms with Crippen LogP contribution in [0.15, 0.2) is 0 Å². The molecule has 0 radical (unpaired) electrons. The van der Waals surface area contributed by atoms with Crippen molar-refractivity contribution in [3.63, 3.8) is 0 Å². The number of carboxylic acid groups (broad SMARTS) is 1. The van der Waals surface area contributed by atoms with Crippen molar-refractivity contribution >= 4 is 5.97 Å². The predicted octanol–water partition coefficient (Wildman–Crippen LogP) is 0.319. The van der Waals surface area contributed by atoms with Gasteiger partial charge in [0.15, 0.2) is 0 Å². The van der Waals surface area contributed by atoms with Gasteiger partial charge in [0, 0.05) is 12.1 Å². The lowest BCUT2D eigenvalue weighted by Gasteiger charge is -2.28. The van der Waals surface area contributed by atoms with Gasteiger partial charge in [-0.15, -0.1) is 0 Å². The summed E-state index contributed by atoms with van der Waals surface area (Å²) < 4.78 is 0. The van der Waals surface area contributed by atoms with Crippen LogP contribution in [0.2, 0.25) is 0 Å². The first-order valence-corrected chi connectivity index (χ1v) is 4.84. The Labute approximate surface area is 78.5 Å². The third kappa shape index (κ3) is 3.32. The summed E-state index contributed by atoms with van der Waals surface area (Å²) in [5.74, 6) is -0.783. The molecule has 0 saturated heterocycles. The second kappa shape index (κ2) is 4.58. The molecule has 0 spiro atoms. The van der Waals surface area contributed by atoms with Gasteiger partial charge in [0.2, 0.25) is 0 Å². The van der Waals surface area contributed by atoms with E-state index in [2.05, 4.69) is 5.32 Å². The second-order valence-corrected chi connectivity index (χ2v) is 3.84. The average Bonchev–Trinajstić information content (AvgIpc) is 2.08. The summed E-state index contributed by atoms with van der Waals surface area (Å²) in [6.07, 6.45) is 4.01. The van der Waals surface area contributed by atoms with Crippen LogP contribution in [-0.4, -0.2) is 29.2 Å². The molecule has 1 aliphatic carbocycles. The van der Waals surface area contributed by atoms with Gasteiger partial charge in [-0.25, -0.2) is 0 Å². The van der Waals surface area contributed by atoms with Crippen LogP contribution in [0.25, 0.3) is 0 Å². The fourth-order valence-corrected chi connectivity index (χ4v) is 1.71. The number of aliphatic carboxylic acids is 1. The molecule has 0 bridgehead atoms. The van der Waals surface area contributed by atoms with Crippen LogP contribution in [0.1, 0.15) is 32.6 Å². The zero-order chi connectivity index (χ0) is 9.84. The second-order valence-electron chi connectivity index (χ2n) is 3.84. The van der Waals surface area contributed by atoms with Gasteiger partial charge in [-0.1, -0.05) is 0 Å². The van der Waals surface area contributed by atoms with Crippen LogP contribution in [-0.2, 0) is 4.79 Å². The van der Waals surface area contributed by atoms with Crippen LogP contribution >= 0.6 is 0 Å². The lowest BCUT2D eigenvalue weighted by atomic mass is 9.91. The van der Waals surface area contributed by atoms with Gasteiger partial charge in [-0.3, -0.25) is 4.79 Å². The maximum atomic E-state index is 10.6. The SMILES string of the molecule is C[C@H](NC1CCC(N)CC1)C(=O)O. The monoisotopic (exact) mass is 186 g/mol. The molecule has 1 atom stereocenters. The fourth-order valence-electron chi connectivity index (χ4n) is 1.71. The van der Waals surface area contributed by atoms with Crippen molar-refractivity contribution in [3.8, 4) is 0 Å². The summed E-state index contributed by atoms with van der Waals surface area (Å²) in [4.78, 5) is 10.6. The summed E-state index contributed by atoms with van der Waals surface area (Å²) in [5.41, 5.74) is 5.74. The van der Waals surface area contributed by atoms with Gasteiger partial charge in [0.25, 0.3) is 0 Å². The molecule has 1 saturated carbocycles. The highest BCUT2D eigenvalue weighted by Gasteiger charge is 2.21. The number of carboxylic acids is 1. The van der Waals surface area contributed by atoms with Crippen molar-refractivity contribution in [2.45, 2.75) is 50.7 Å². The Balaban J connectivity index is 2.26. The third-order valence-electron chi connectivity index (χ3n) is 2.63. The molecule has 76 valence electrons. The average molecular weight is 186 g/mol. The highest BCUT2D eigenvalue weighted by atomic mass is 16.4. The molecule has 0 aromatic rings. The van der Waals surface area contributed by atoms with Crippen LogP contribution in [0.3, 0.4) is 0 Å². The normalized spacial score (nSPS) is 31.2. The number of rotatable bonds is 3. The zero-order valence-corrected chi connectivity index (χ0v) is 7.99. The Morgan fingerprint density at radius 3 is 2.46 bits per heavy atom. The van der Waals surface area contributed by atoms with E-state index in [9.17, 15) is 4.79 Å². The van der Waals surface area contributed by atoms with Crippen molar-refractivity contribution in [1.82, 2.24) is 5.32 Å². The van der Waals surface area contributed by atoms with Crippen molar-refractivity contribution < 1.29 is 9.90 Å². The number of nitrogens with two attached hydrogens (primary N) is 1. The first-order chi connectivity index (χ1) is 6.09. The Kier molecular flexibility index (Phi) is 3.69. The minimum atomic E-state index is -0.783. The molecule has 0 unspecified atom stereocenters. The highest BCUT2D eigenvalue weighted by molar-refractivity contribution is 5.72. The van der Waals surface area contributed by atoms with Gasteiger partial charge in [-0.05, 0) is 32.6 Å². The van der Waals surface area contributed by atoms with Crippen LogP contribution in [0.5, 0.6) is 0 Å². The van der Waals surface area contributed by atoms with E-state index in [1.54, 1.807) is 6.92 Å². The molecule has 0 aromatic heterocycles. The molecule has 4 N–H and O–H groups in total. The predicted molar refractivity (Wildman–Crippen MR) is 50.5 cm³/mol. The van der Waals surface area contributed by atoms with Gasteiger partial charge >= 0.3 is 5.97 Å². The molecule has 1 rings (SSSR count). The van der Waals surface area contributed by atoms with E-state index in [-0.39, 0.29) is 0 Å². The highest BCUT2D eigenvalue weighted by Crippen LogP contribution is 2.17. The standard InChI is InChI=1S/C9H18N2O2/c1-6(9(12)13)11-8-4-2-7(10)3-5-8/h6-8,11H,2-5,10H2,1H3,(H,12,13)/t6-,7?,8?/m0/s1. The summed E-state index contributed by atoms with van der Waals surface area (Å²) in [5, 5.41) is 11.8. The molecule has 13 heavy (non-hydrogen) atoms. The Bertz CT molecular complexity index is 176. The third-order valence-corrected chi connectivity index (χ3v) is 2.63. The molecule has 1 fully saturated rings. The largest absolute Gasteiger partial charge is 0.480 e. The van der Waals surface area contributed by atoms with Crippen molar-refractivity contribution in [2.24, 2.45) is 5.73 Å². The van der Waals surface area contributed by atoms with Gasteiger partial charge in [-0.2, -0.15) is 0 Å². The number of hydrogen-bond acceptors (Lipinski definition) is 3. The maximum absolute atomic E-state index is 10.6. The van der Waals surface area contributed by atoms with Crippen LogP contribution < -0.4 is 11.1 Å². The quantitative estimate of drug-likeness (QED) is 0.593. The van der Waals surface area contributed by atoms with E-state index in [1.807, 2.05) is 0 Å². The number of nitrogens with one attached hydrogen (secondary N) is 1. The molecule has 0 aromatic carbocycles. The van der Waals surface area contributed by atoms with Crippen molar-refractivity contribution in [3.05, 3.63) is 0 Å². The summed E-state index contributed by atoms with van der Waals surface area (Å²) >= 11 is 0. The van der Waals surface area contributed by atoms with Gasteiger partial charge < -0.3 is 16.2 Å². The molecule has 4 heteroatoms. The molecular formula is C9H18N2O2. The van der Waals surface area contributed by atoms with E-state index in [0.29, 0.717) is 12.1 Å². The molecule has 0 heterocycles. The topological polar surface area (TPSA) is 75.3 Å². The molecule has 0 amide bonds. The van der Waals surface area contributed by atoms with Gasteiger partial charge in [0.1, 0.15) is 6.04 Å². The minimum absolute atomic E-state index is 0.318. The van der Waals surface area contributed by atoms with E-state index >= 15 is 0 Å². The Morgan fingerprint density at radius 1 is 1.46 bits per heavy atom. The lowest BCUT2D eigenvalue weighted by molar-refractivity contribution is -0.139. The number of carbonyl (C=O) groups is 1. The van der Waals surface area contributed by atoms with Gasteiger partial charge in [0.05, 0.1) is 0 Å². The Hall–Kier alpha value is -0.610. The first-order valence-electron chi connectivity index (χ1n) is 4.84. The van der Waals surface area contributed by atoms with Crippen LogP contribution in [0.4, 0.5) is 0 Å². The lowest BCUT2D eigenvalue weighted by Crippen LogP contribution is -2.44. The van der Waals surface area contributed by atoms with E-state index in [4.69, 9.17) is 10.8 Å². The van der Waals surface area contributed by atoms with Crippen LogP contribution in [0, 0.1) is 0 Å². The zero-order valence-electron chi connectivity index (χ0n) is 7.99. The summed E-state index contributed by atoms with van der Waals surface area (Å²) in [7, 11) is 0. The fraction of sp³-hybridized carbons (Fsp3) is 0.889. The smallest absolute Gasteiger partial charge is 0.320 e. The molecule has 1 aliphatic rings. The summed E-state index contributed by atoms with van der Waals surface area (Å²) in [6.45, 7) is 1.68. The van der Waals surface area contributed by atoms with E-state index in [0.717, 1.165) is 25.7 Å². The Morgan fingerprint density at radius 2 is 2.00 bits per heavy atom.